The normalized spacial score (nSPS) is 27.4. The minimum absolute atomic E-state index is 0.280. The predicted octanol–water partition coefficient (Wildman–Crippen LogP) is 2.68. The van der Waals surface area contributed by atoms with E-state index in [9.17, 15) is 0 Å². The number of hydrogen-bond acceptors (Lipinski definition) is 3. The lowest BCUT2D eigenvalue weighted by atomic mass is 9.90. The van der Waals surface area contributed by atoms with Crippen LogP contribution in [0.15, 0.2) is 12.4 Å². The van der Waals surface area contributed by atoms with Crippen molar-refractivity contribution in [2.75, 3.05) is 19.6 Å². The molecule has 0 saturated carbocycles. The molecule has 0 amide bonds. The van der Waals surface area contributed by atoms with E-state index < -0.39 is 0 Å². The smallest absolute Gasteiger partial charge is 0.105 e. The Balaban J connectivity index is 1.99. The first-order valence-corrected chi connectivity index (χ1v) is 8.41. The highest BCUT2D eigenvalue weighted by atomic mass is 15.3. The molecule has 2 unspecified atom stereocenters. The van der Waals surface area contributed by atoms with Crippen molar-refractivity contribution < 1.29 is 0 Å². The summed E-state index contributed by atoms with van der Waals surface area (Å²) in [4.78, 5) is 7.01. The standard InChI is InChI=1S/C17H32N4/c1-6-17(5)13-19-16(11-14(2)3)12-21(17)10-9-20-8-7-18-15(20)4/h7-8,14,16,19H,6,9-13H2,1-5H3. The number of hydrogen-bond donors (Lipinski definition) is 1. The van der Waals surface area contributed by atoms with E-state index in [1.165, 1.54) is 12.8 Å². The summed E-state index contributed by atoms with van der Waals surface area (Å²) in [5.41, 5.74) is 0.280. The molecule has 1 aromatic heterocycles. The summed E-state index contributed by atoms with van der Waals surface area (Å²) in [6, 6.07) is 0.633. The number of aryl methyl sites for hydroxylation is 1. The highest BCUT2D eigenvalue weighted by Gasteiger charge is 2.36. The average Bonchev–Trinajstić information content (AvgIpc) is 2.84. The van der Waals surface area contributed by atoms with Gasteiger partial charge in [-0.1, -0.05) is 20.8 Å². The van der Waals surface area contributed by atoms with Gasteiger partial charge < -0.3 is 9.88 Å². The van der Waals surface area contributed by atoms with E-state index in [1.54, 1.807) is 0 Å². The van der Waals surface area contributed by atoms with Gasteiger partial charge in [-0.25, -0.2) is 4.98 Å². The zero-order valence-corrected chi connectivity index (χ0v) is 14.4. The van der Waals surface area contributed by atoms with Gasteiger partial charge in [-0.2, -0.15) is 0 Å². The van der Waals surface area contributed by atoms with Gasteiger partial charge >= 0.3 is 0 Å². The zero-order valence-electron chi connectivity index (χ0n) is 14.4. The Morgan fingerprint density at radius 2 is 2.19 bits per heavy atom. The second-order valence-electron chi connectivity index (χ2n) is 7.17. The van der Waals surface area contributed by atoms with Crippen molar-refractivity contribution in [1.82, 2.24) is 19.8 Å². The van der Waals surface area contributed by atoms with Gasteiger partial charge in [0.05, 0.1) is 0 Å². The Kier molecular flexibility index (Phi) is 5.44. The number of aromatic nitrogens is 2. The van der Waals surface area contributed by atoms with Crippen LogP contribution in [-0.4, -0.2) is 45.7 Å². The Bertz CT molecular complexity index is 440. The molecule has 1 aromatic rings. The third-order valence-corrected chi connectivity index (χ3v) is 5.03. The van der Waals surface area contributed by atoms with Crippen LogP contribution in [0.1, 0.15) is 46.4 Å². The van der Waals surface area contributed by atoms with E-state index in [-0.39, 0.29) is 5.54 Å². The van der Waals surface area contributed by atoms with Crippen molar-refractivity contribution in [2.24, 2.45) is 5.92 Å². The van der Waals surface area contributed by atoms with Gasteiger partial charge in [0.1, 0.15) is 5.82 Å². The lowest BCUT2D eigenvalue weighted by Crippen LogP contribution is -2.63. The molecule has 120 valence electrons. The van der Waals surface area contributed by atoms with Crippen LogP contribution in [0.5, 0.6) is 0 Å². The maximum Gasteiger partial charge on any atom is 0.105 e. The summed E-state index contributed by atoms with van der Waals surface area (Å²) in [5.74, 6) is 1.87. The summed E-state index contributed by atoms with van der Waals surface area (Å²) in [5, 5.41) is 3.77. The van der Waals surface area contributed by atoms with E-state index in [0.29, 0.717) is 6.04 Å². The van der Waals surface area contributed by atoms with Crippen LogP contribution in [0.2, 0.25) is 0 Å². The van der Waals surface area contributed by atoms with Crippen LogP contribution in [0.25, 0.3) is 0 Å². The van der Waals surface area contributed by atoms with Crippen molar-refractivity contribution in [1.29, 1.82) is 0 Å². The second kappa shape index (κ2) is 6.93. The molecular weight excluding hydrogens is 260 g/mol. The predicted molar refractivity (Wildman–Crippen MR) is 88.5 cm³/mol. The first kappa shape index (κ1) is 16.5. The Morgan fingerprint density at radius 1 is 1.43 bits per heavy atom. The Labute approximate surface area is 129 Å². The number of nitrogens with one attached hydrogen (secondary N) is 1. The molecule has 21 heavy (non-hydrogen) atoms. The maximum absolute atomic E-state index is 4.32. The van der Waals surface area contributed by atoms with Crippen molar-refractivity contribution in [3.8, 4) is 0 Å². The van der Waals surface area contributed by atoms with E-state index in [0.717, 1.165) is 37.9 Å². The minimum Gasteiger partial charge on any atom is -0.334 e. The molecule has 0 aromatic carbocycles. The fraction of sp³-hybridized carbons (Fsp3) is 0.824. The summed E-state index contributed by atoms with van der Waals surface area (Å²) in [7, 11) is 0. The van der Waals surface area contributed by atoms with Crippen LogP contribution in [0.3, 0.4) is 0 Å². The van der Waals surface area contributed by atoms with Gasteiger partial charge in [-0.05, 0) is 32.6 Å². The van der Waals surface area contributed by atoms with E-state index in [1.807, 2.05) is 6.20 Å². The third kappa shape index (κ3) is 4.07. The van der Waals surface area contributed by atoms with Gasteiger partial charge in [0, 0.05) is 50.2 Å². The number of nitrogens with zero attached hydrogens (tertiary/aromatic N) is 3. The Morgan fingerprint density at radius 3 is 2.76 bits per heavy atom. The van der Waals surface area contributed by atoms with Crippen molar-refractivity contribution in [3.63, 3.8) is 0 Å². The van der Waals surface area contributed by atoms with Gasteiger partial charge in [0.2, 0.25) is 0 Å². The molecule has 0 bridgehead atoms. The summed E-state index contributed by atoms with van der Waals surface area (Å²) >= 11 is 0. The third-order valence-electron chi connectivity index (χ3n) is 5.03. The number of piperazine rings is 1. The summed E-state index contributed by atoms with van der Waals surface area (Å²) in [6.45, 7) is 15.8. The molecule has 4 heteroatoms. The molecule has 2 rings (SSSR count). The van der Waals surface area contributed by atoms with Crippen LogP contribution >= 0.6 is 0 Å². The van der Waals surface area contributed by atoms with Gasteiger partial charge in [-0.3, -0.25) is 4.90 Å². The fourth-order valence-electron chi connectivity index (χ4n) is 3.33. The van der Waals surface area contributed by atoms with Gasteiger partial charge in [0.25, 0.3) is 0 Å². The molecule has 1 N–H and O–H groups in total. The number of rotatable bonds is 6. The maximum atomic E-state index is 4.32. The number of imidazole rings is 1. The molecule has 1 aliphatic rings. The lowest BCUT2D eigenvalue weighted by molar-refractivity contribution is 0.0413. The summed E-state index contributed by atoms with van der Waals surface area (Å²) < 4.78 is 2.26. The molecule has 0 aliphatic carbocycles. The molecular formula is C17H32N4. The van der Waals surface area contributed by atoms with Crippen molar-refractivity contribution in [3.05, 3.63) is 18.2 Å². The van der Waals surface area contributed by atoms with E-state index in [4.69, 9.17) is 0 Å². The highest BCUT2D eigenvalue weighted by molar-refractivity contribution is 4.96. The first-order chi connectivity index (χ1) is 9.94. The van der Waals surface area contributed by atoms with Gasteiger partial charge in [-0.15, -0.1) is 0 Å². The van der Waals surface area contributed by atoms with Gasteiger partial charge in [0.15, 0.2) is 0 Å². The van der Waals surface area contributed by atoms with Crippen LogP contribution in [-0.2, 0) is 6.54 Å². The van der Waals surface area contributed by atoms with Crippen LogP contribution in [0, 0.1) is 12.8 Å². The van der Waals surface area contributed by atoms with Crippen molar-refractivity contribution >= 4 is 0 Å². The monoisotopic (exact) mass is 292 g/mol. The SMILES string of the molecule is CCC1(C)CNC(CC(C)C)CN1CCn1ccnc1C. The molecule has 2 heterocycles. The highest BCUT2D eigenvalue weighted by Crippen LogP contribution is 2.24. The zero-order chi connectivity index (χ0) is 15.5. The lowest BCUT2D eigenvalue weighted by Gasteiger charge is -2.48. The fourth-order valence-corrected chi connectivity index (χ4v) is 3.33. The van der Waals surface area contributed by atoms with E-state index >= 15 is 0 Å². The molecule has 0 radical (unpaired) electrons. The molecule has 1 saturated heterocycles. The molecule has 2 atom stereocenters. The van der Waals surface area contributed by atoms with Crippen LogP contribution < -0.4 is 5.32 Å². The average molecular weight is 292 g/mol. The van der Waals surface area contributed by atoms with Crippen LogP contribution in [0.4, 0.5) is 0 Å². The molecule has 1 fully saturated rings. The van der Waals surface area contributed by atoms with E-state index in [2.05, 4.69) is 60.6 Å². The molecule has 1 aliphatic heterocycles. The van der Waals surface area contributed by atoms with Crippen molar-refractivity contribution in [2.45, 2.75) is 65.6 Å². The molecule has 4 nitrogen and oxygen atoms in total. The topological polar surface area (TPSA) is 33.1 Å². The largest absolute Gasteiger partial charge is 0.334 e. The second-order valence-corrected chi connectivity index (χ2v) is 7.17. The quantitative estimate of drug-likeness (QED) is 0.875. The Hall–Kier alpha value is -0.870. The first-order valence-electron chi connectivity index (χ1n) is 8.41. The minimum atomic E-state index is 0.280. The summed E-state index contributed by atoms with van der Waals surface area (Å²) in [6.07, 6.45) is 6.44. The molecule has 0 spiro atoms.